The fourth-order valence-corrected chi connectivity index (χ4v) is 16.9. The Balaban J connectivity index is 0.000000153. The van der Waals surface area contributed by atoms with Crippen molar-refractivity contribution in [2.75, 3.05) is 24.9 Å². The Labute approximate surface area is 695 Å². The molecule has 584 valence electrons. The van der Waals surface area contributed by atoms with Gasteiger partial charge in [0, 0.05) is 110 Å². The lowest BCUT2D eigenvalue weighted by molar-refractivity contribution is -0.385. The number of nitro benzene ring substituents is 4. The summed E-state index contributed by atoms with van der Waals surface area (Å²) < 4.78 is 10.3. The number of non-ortho nitro benzene ring substituents is 4. The van der Waals surface area contributed by atoms with Crippen LogP contribution in [0.15, 0.2) is 172 Å². The lowest BCUT2D eigenvalue weighted by Crippen LogP contribution is -2.34. The molecule has 0 aliphatic heterocycles. The van der Waals surface area contributed by atoms with Crippen LogP contribution >= 0.6 is 114 Å². The van der Waals surface area contributed by atoms with E-state index >= 15 is 0 Å². The molecule has 4 fully saturated rings. The van der Waals surface area contributed by atoms with Gasteiger partial charge in [-0.15, -0.1) is 73.7 Å². The summed E-state index contributed by atoms with van der Waals surface area (Å²) in [6.45, 7) is 0. The minimum absolute atomic E-state index is 0. The number of hydrogen-bond donors (Lipinski definition) is 6. The second-order valence-electron chi connectivity index (χ2n) is 26.5. The van der Waals surface area contributed by atoms with Gasteiger partial charge in [0.1, 0.15) is 11.5 Å². The number of thiocarbonyl (C=S) groups is 2. The molecule has 0 bridgehead atoms. The average Bonchev–Trinajstić information content (AvgIpc) is 1.69. The molecule has 112 heavy (non-hydrogen) atoms. The number of anilines is 1. The van der Waals surface area contributed by atoms with Gasteiger partial charge >= 0.3 is 0 Å². The first kappa shape index (κ1) is 84.9. The molecule has 4 saturated carbocycles. The second-order valence-corrected chi connectivity index (χ2v) is 32.4. The van der Waals surface area contributed by atoms with Gasteiger partial charge in [0.15, 0.2) is 21.1 Å². The van der Waals surface area contributed by atoms with E-state index in [1.165, 1.54) is 108 Å². The number of carbonyl (C=O) groups excluding carboxylic acids is 1. The van der Waals surface area contributed by atoms with Crippen molar-refractivity contribution in [2.24, 2.45) is 17.2 Å². The Bertz CT molecular complexity index is 4890. The van der Waals surface area contributed by atoms with Gasteiger partial charge in [-0.1, -0.05) is 88.7 Å². The zero-order valence-corrected chi connectivity index (χ0v) is 69.5. The molecule has 11 aromatic rings. The number of benzene rings is 6. The number of hydrogen-bond acceptors (Lipinski definition) is 25. The number of ether oxygens (including phenoxy) is 2. The Morgan fingerprint density at radius 3 is 1.18 bits per heavy atom. The number of nitrogens with zero attached hydrogens (tertiary/aromatic N) is 9. The van der Waals surface area contributed by atoms with E-state index in [1.54, 1.807) is 138 Å². The maximum absolute atomic E-state index is 11.2. The summed E-state index contributed by atoms with van der Waals surface area (Å²) in [5, 5.41) is 69.3. The summed E-state index contributed by atoms with van der Waals surface area (Å²) in [6.07, 6.45) is 12.3. The van der Waals surface area contributed by atoms with Gasteiger partial charge in [-0.2, -0.15) is 0 Å². The van der Waals surface area contributed by atoms with Crippen LogP contribution in [0.4, 0.5) is 27.9 Å². The molecule has 0 unspecified atom stereocenters. The number of carbonyl (C=O) groups is 1. The summed E-state index contributed by atoms with van der Waals surface area (Å²) in [7, 11) is 3.23. The van der Waals surface area contributed by atoms with Crippen LogP contribution in [0, 0.1) is 40.5 Å². The average molecular weight is 1770 g/mol. The van der Waals surface area contributed by atoms with Crippen molar-refractivity contribution in [1.82, 2.24) is 35.6 Å². The number of aromatic nitrogens is 5. The van der Waals surface area contributed by atoms with Crippen LogP contribution in [0.3, 0.4) is 0 Å². The van der Waals surface area contributed by atoms with Gasteiger partial charge in [-0.25, -0.2) is 24.9 Å². The lowest BCUT2D eigenvalue weighted by Gasteiger charge is -2.17. The molecule has 26 nitrogen and oxygen atoms in total. The molecule has 15 rings (SSSR count). The van der Waals surface area contributed by atoms with Crippen molar-refractivity contribution in [1.29, 1.82) is 0 Å². The largest absolute Gasteiger partial charge is 0.497 e. The number of ketones is 1. The van der Waals surface area contributed by atoms with E-state index in [-0.39, 0.29) is 84.8 Å². The third-order valence-electron chi connectivity index (χ3n) is 18.0. The summed E-state index contributed by atoms with van der Waals surface area (Å²) in [6, 6.07) is 40.7. The molecule has 0 radical (unpaired) electrons. The molecule has 35 heteroatoms. The molecular weight excluding hydrogens is 1700 g/mol. The second kappa shape index (κ2) is 40.8. The van der Waals surface area contributed by atoms with Crippen molar-refractivity contribution in [3.63, 3.8) is 0 Å². The number of halogens is 2. The van der Waals surface area contributed by atoms with Gasteiger partial charge in [0.05, 0.1) is 112 Å². The van der Waals surface area contributed by atoms with E-state index in [2.05, 4.69) is 42.2 Å². The number of thiazole rings is 5. The number of nitrogens with one attached hydrogen (secondary N) is 3. The van der Waals surface area contributed by atoms with Crippen LogP contribution in [0.25, 0.3) is 11.3 Å². The first-order valence-corrected chi connectivity index (χ1v) is 41.6. The Morgan fingerprint density at radius 1 is 0.482 bits per heavy atom. The number of Topliss-reactive ketones (excluding diaryl/α,β-unsaturated/α-hetero) is 1. The van der Waals surface area contributed by atoms with Crippen LogP contribution in [0.2, 0.25) is 0 Å². The van der Waals surface area contributed by atoms with E-state index in [4.69, 9.17) is 71.0 Å². The Kier molecular flexibility index (Phi) is 30.9. The molecule has 4 aliphatic carbocycles. The van der Waals surface area contributed by atoms with Crippen molar-refractivity contribution < 1.29 is 34.0 Å². The van der Waals surface area contributed by atoms with Crippen LogP contribution in [0.1, 0.15) is 175 Å². The molecule has 4 atom stereocenters. The van der Waals surface area contributed by atoms with Gasteiger partial charge in [0.25, 0.3) is 22.7 Å². The molecular formula is C77H79Br2N15O11S7. The monoisotopic (exact) mass is 1770 g/mol. The molecule has 4 aliphatic rings. The molecule has 5 aromatic heterocycles. The van der Waals surface area contributed by atoms with Crippen molar-refractivity contribution in [2.45, 2.75) is 125 Å². The molecule has 0 saturated heterocycles. The summed E-state index contributed by atoms with van der Waals surface area (Å²) in [5.74, 6) is 4.04. The highest BCUT2D eigenvalue weighted by Gasteiger charge is 2.32. The third kappa shape index (κ3) is 25.5. The zero-order chi connectivity index (χ0) is 78.7. The maximum atomic E-state index is 11.2. The fraction of sp³-hybridized carbons (Fsp3) is 0.299. The van der Waals surface area contributed by atoms with E-state index in [9.17, 15) is 45.3 Å². The van der Waals surface area contributed by atoms with Crippen LogP contribution in [-0.4, -0.2) is 80.2 Å². The van der Waals surface area contributed by atoms with E-state index in [1.807, 2.05) is 64.0 Å². The Morgan fingerprint density at radius 2 is 0.821 bits per heavy atom. The lowest BCUT2D eigenvalue weighted by atomic mass is 10.0. The first-order valence-electron chi connectivity index (χ1n) is 35.3. The highest BCUT2D eigenvalue weighted by atomic mass is 79.9. The number of methoxy groups -OCH3 is 2. The summed E-state index contributed by atoms with van der Waals surface area (Å²) in [4.78, 5) is 76.3. The predicted molar refractivity (Wildman–Crippen MR) is 458 cm³/mol. The molecule has 9 N–H and O–H groups in total. The normalized spacial score (nSPS) is 14.2. The van der Waals surface area contributed by atoms with E-state index in [0.29, 0.717) is 66.0 Å². The van der Waals surface area contributed by atoms with Crippen molar-refractivity contribution in [3.8, 4) is 22.8 Å². The smallest absolute Gasteiger partial charge is 0.269 e. The van der Waals surface area contributed by atoms with Crippen LogP contribution < -0.4 is 42.6 Å². The third-order valence-corrected chi connectivity index (χ3v) is 23.6. The van der Waals surface area contributed by atoms with Gasteiger partial charge in [-0.05, 0) is 148 Å². The summed E-state index contributed by atoms with van der Waals surface area (Å²) in [5.41, 5.74) is 28.0. The van der Waals surface area contributed by atoms with Gasteiger partial charge in [-0.3, -0.25) is 45.3 Å². The Hall–Kier alpha value is -9.56. The van der Waals surface area contributed by atoms with E-state index < -0.39 is 14.8 Å². The number of nitrogens with two attached hydrogens (primary N) is 3. The zero-order valence-electron chi connectivity index (χ0n) is 60.4. The first-order chi connectivity index (χ1) is 53.5. The summed E-state index contributed by atoms with van der Waals surface area (Å²) >= 11 is 21.3. The molecule has 0 amide bonds. The fourth-order valence-electron chi connectivity index (χ4n) is 11.3. The van der Waals surface area contributed by atoms with Crippen LogP contribution in [-0.2, 0) is 25.7 Å². The number of rotatable bonds is 29. The standard InChI is InChI=1S/C24H22N4O3S2.2C15H16N4O2S2.C14H15N3O2S.C9H9BrO2.BrH/c1-31-19-4-2-3-17(12-19)21-13-33-24(27-21)26-20(22-14-32-23(25-22)16-7-8-16)11-15-5-9-18(10-6-15)28(29)30;2*16-15(22)18-12(13-8-23-14(17-13)10-3-4-10)7-9-1-5-11(6-2-9)19(20)21;15-12(13-8-20-14(16-13)10-3-4-10)7-9-1-5-11(6-2-9)17(18)19;1-12-8-4-2-3-7(5-8)9(11)6-10;/h2-6,9-10,12-14,16,20H,7-8,11H2,1H3,(H,26,27);2*1-2,5-6,8,10,12H,3-4,7H2,(H3,16,18,22);1-2,5-6,8,10,12H,3-4,7,15H2;2-5H,6H2,1H3;1H/t20-;3*12-;;/m0000../s1. The van der Waals surface area contributed by atoms with Gasteiger partial charge in [0.2, 0.25) is 0 Å². The van der Waals surface area contributed by atoms with Crippen molar-refractivity contribution in [3.05, 3.63) is 284 Å². The maximum Gasteiger partial charge on any atom is 0.269 e. The molecule has 0 spiro atoms. The minimum atomic E-state index is -0.406. The van der Waals surface area contributed by atoms with Crippen molar-refractivity contribution >= 4 is 158 Å². The minimum Gasteiger partial charge on any atom is -0.497 e. The van der Waals surface area contributed by atoms with E-state index in [0.717, 1.165) is 67.2 Å². The number of nitro groups is 4. The number of alkyl halides is 1. The van der Waals surface area contributed by atoms with Crippen LogP contribution in [0.5, 0.6) is 11.5 Å². The molecule has 6 aromatic carbocycles. The highest BCUT2D eigenvalue weighted by molar-refractivity contribution is 9.09. The predicted octanol–water partition coefficient (Wildman–Crippen LogP) is 18.6. The quantitative estimate of drug-likeness (QED) is 0.00833. The topological polar surface area (TPSA) is 387 Å². The SMILES string of the molecule is Br.COc1cccc(-c2csc(N[C@@H](Cc3ccc([N+](=O)[O-])cc3)c3csc(C4CC4)n3)n2)c1.COc1cccc(C(=O)CBr)c1.NC(=S)N[C@@H](Cc1ccc([N+](=O)[O-])cc1)c1csc(C2CC2)n1.NC(=S)N[C@@H](Cc1ccc([N+](=O)[O-])cc1)c1csc(C2CC2)n1.N[C@@H](Cc1ccc([N+](=O)[O-])cc1)c1csc(C2CC2)n1. The van der Waals surface area contributed by atoms with Gasteiger partial charge < -0.3 is 42.6 Å². The highest BCUT2D eigenvalue weighted by Crippen LogP contribution is 2.45. The molecule has 5 heterocycles.